The Kier molecular flexibility index (Phi) is 2.80. The minimum Gasteiger partial charge on any atom is -0.392 e. The van der Waals surface area contributed by atoms with Crippen molar-refractivity contribution in [2.45, 2.75) is 26.6 Å². The highest BCUT2D eigenvalue weighted by Crippen LogP contribution is 2.29. The van der Waals surface area contributed by atoms with Gasteiger partial charge in [-0.2, -0.15) is 0 Å². The van der Waals surface area contributed by atoms with Gasteiger partial charge in [0.05, 0.1) is 6.61 Å². The van der Waals surface area contributed by atoms with E-state index < -0.39 is 0 Å². The number of fused-ring (bicyclic) bond motifs is 1. The van der Waals surface area contributed by atoms with Gasteiger partial charge in [-0.1, -0.05) is 30.3 Å². The molecule has 0 saturated carbocycles. The summed E-state index contributed by atoms with van der Waals surface area (Å²) >= 11 is 0. The molecule has 1 aliphatic heterocycles. The summed E-state index contributed by atoms with van der Waals surface area (Å²) < 4.78 is 0. The van der Waals surface area contributed by atoms with Gasteiger partial charge in [0.15, 0.2) is 0 Å². The van der Waals surface area contributed by atoms with Gasteiger partial charge in [0, 0.05) is 18.8 Å². The molecule has 2 nitrogen and oxygen atoms in total. The molecule has 0 radical (unpaired) electrons. The van der Waals surface area contributed by atoms with Crippen molar-refractivity contribution in [1.82, 2.24) is 0 Å². The summed E-state index contributed by atoms with van der Waals surface area (Å²) in [6.07, 6.45) is 0. The lowest BCUT2D eigenvalue weighted by molar-refractivity contribution is 0.281. The first-order valence-corrected chi connectivity index (χ1v) is 6.30. The van der Waals surface area contributed by atoms with Gasteiger partial charge in [0.2, 0.25) is 0 Å². The van der Waals surface area contributed by atoms with E-state index in [2.05, 4.69) is 48.2 Å². The number of rotatable bonds is 2. The lowest BCUT2D eigenvalue weighted by Crippen LogP contribution is -2.14. The predicted molar refractivity (Wildman–Crippen MR) is 73.4 cm³/mol. The van der Waals surface area contributed by atoms with Crippen LogP contribution in [0.2, 0.25) is 0 Å². The maximum absolute atomic E-state index is 9.20. The molecular weight excluding hydrogens is 222 g/mol. The molecule has 0 amide bonds. The summed E-state index contributed by atoms with van der Waals surface area (Å²) in [6, 6.07) is 14.9. The number of aryl methyl sites for hydroxylation is 1. The number of anilines is 1. The Morgan fingerprint density at radius 2 is 1.72 bits per heavy atom. The van der Waals surface area contributed by atoms with Gasteiger partial charge in [-0.3, -0.25) is 0 Å². The van der Waals surface area contributed by atoms with Crippen molar-refractivity contribution < 1.29 is 5.11 Å². The quantitative estimate of drug-likeness (QED) is 0.870. The van der Waals surface area contributed by atoms with Crippen molar-refractivity contribution in [3.05, 3.63) is 64.7 Å². The third-order valence-electron chi connectivity index (χ3n) is 3.70. The smallest absolute Gasteiger partial charge is 0.0684 e. The third-order valence-corrected chi connectivity index (χ3v) is 3.70. The molecule has 2 aromatic carbocycles. The number of benzene rings is 2. The Morgan fingerprint density at radius 1 is 1.06 bits per heavy atom. The first-order valence-electron chi connectivity index (χ1n) is 6.30. The van der Waals surface area contributed by atoms with E-state index in [1.165, 1.54) is 16.8 Å². The van der Waals surface area contributed by atoms with Crippen LogP contribution in [0.3, 0.4) is 0 Å². The molecule has 0 bridgehead atoms. The number of aliphatic hydroxyl groups is 1. The zero-order chi connectivity index (χ0) is 12.5. The summed E-state index contributed by atoms with van der Waals surface area (Å²) in [6.45, 7) is 4.13. The van der Waals surface area contributed by atoms with Crippen LogP contribution < -0.4 is 4.90 Å². The van der Waals surface area contributed by atoms with Crippen molar-refractivity contribution in [2.75, 3.05) is 4.90 Å². The molecule has 18 heavy (non-hydrogen) atoms. The van der Waals surface area contributed by atoms with Crippen LogP contribution in [0.5, 0.6) is 0 Å². The van der Waals surface area contributed by atoms with Crippen molar-refractivity contribution in [3.8, 4) is 0 Å². The zero-order valence-electron chi connectivity index (χ0n) is 10.6. The van der Waals surface area contributed by atoms with Crippen molar-refractivity contribution >= 4 is 5.69 Å². The fourth-order valence-electron chi connectivity index (χ4n) is 2.57. The Bertz CT molecular complexity index is 552. The van der Waals surface area contributed by atoms with Gasteiger partial charge in [-0.05, 0) is 41.3 Å². The molecule has 0 aromatic heterocycles. The first-order chi connectivity index (χ1) is 8.78. The molecule has 2 heteroatoms. The Balaban J connectivity index is 1.88. The molecule has 0 unspecified atom stereocenters. The standard InChI is InChI=1S/C16H17NO/c1-12-8-16(7-6-15(12)11-18)17-9-13-4-2-3-5-14(13)10-17/h2-8,18H,9-11H2,1H3. The Hall–Kier alpha value is -1.80. The molecule has 3 rings (SSSR count). The SMILES string of the molecule is Cc1cc(N2Cc3ccccc3C2)ccc1CO. The van der Waals surface area contributed by atoms with Crippen LogP contribution in [0.25, 0.3) is 0 Å². The molecule has 2 aromatic rings. The van der Waals surface area contributed by atoms with Gasteiger partial charge in [0.25, 0.3) is 0 Å². The molecule has 0 spiro atoms. The normalized spacial score (nSPS) is 13.8. The second-order valence-corrected chi connectivity index (χ2v) is 4.89. The van der Waals surface area contributed by atoms with Gasteiger partial charge in [0.1, 0.15) is 0 Å². The van der Waals surface area contributed by atoms with E-state index in [1.54, 1.807) is 0 Å². The third kappa shape index (κ3) is 1.89. The summed E-state index contributed by atoms with van der Waals surface area (Å²) in [5, 5.41) is 9.20. The van der Waals surface area contributed by atoms with Crippen LogP contribution in [-0.4, -0.2) is 5.11 Å². The lowest BCUT2D eigenvalue weighted by Gasteiger charge is -2.19. The monoisotopic (exact) mass is 239 g/mol. The summed E-state index contributed by atoms with van der Waals surface area (Å²) in [5.74, 6) is 0. The largest absolute Gasteiger partial charge is 0.392 e. The average molecular weight is 239 g/mol. The predicted octanol–water partition coefficient (Wildman–Crippen LogP) is 3.01. The second-order valence-electron chi connectivity index (χ2n) is 4.89. The average Bonchev–Trinajstić information content (AvgIpc) is 2.82. The molecule has 1 aliphatic rings. The summed E-state index contributed by atoms with van der Waals surface area (Å²) in [5.41, 5.74) is 6.24. The van der Waals surface area contributed by atoms with Crippen LogP contribution >= 0.6 is 0 Å². The first kappa shape index (κ1) is 11.3. The molecule has 0 aliphatic carbocycles. The lowest BCUT2D eigenvalue weighted by atomic mass is 10.1. The van der Waals surface area contributed by atoms with Crippen LogP contribution in [-0.2, 0) is 19.7 Å². The van der Waals surface area contributed by atoms with Gasteiger partial charge in [-0.15, -0.1) is 0 Å². The number of hydrogen-bond acceptors (Lipinski definition) is 2. The highest BCUT2D eigenvalue weighted by Gasteiger charge is 2.18. The minimum absolute atomic E-state index is 0.117. The van der Waals surface area contributed by atoms with Crippen molar-refractivity contribution in [3.63, 3.8) is 0 Å². The van der Waals surface area contributed by atoms with Crippen molar-refractivity contribution in [1.29, 1.82) is 0 Å². The zero-order valence-corrected chi connectivity index (χ0v) is 10.6. The number of hydrogen-bond donors (Lipinski definition) is 1. The molecule has 1 N–H and O–H groups in total. The van der Waals surface area contributed by atoms with Gasteiger partial charge >= 0.3 is 0 Å². The van der Waals surface area contributed by atoms with E-state index in [0.29, 0.717) is 0 Å². The van der Waals surface area contributed by atoms with Crippen molar-refractivity contribution in [2.24, 2.45) is 0 Å². The fourth-order valence-corrected chi connectivity index (χ4v) is 2.57. The fraction of sp³-hybridized carbons (Fsp3) is 0.250. The minimum atomic E-state index is 0.117. The molecule has 0 atom stereocenters. The molecule has 92 valence electrons. The number of aliphatic hydroxyl groups excluding tert-OH is 1. The Labute approximate surface area is 107 Å². The Morgan fingerprint density at radius 3 is 2.28 bits per heavy atom. The number of nitrogens with zero attached hydrogens (tertiary/aromatic N) is 1. The van der Waals surface area contributed by atoms with Crippen LogP contribution in [0.1, 0.15) is 22.3 Å². The van der Waals surface area contributed by atoms with E-state index in [0.717, 1.165) is 24.2 Å². The van der Waals surface area contributed by atoms with Gasteiger partial charge in [-0.25, -0.2) is 0 Å². The maximum atomic E-state index is 9.20. The summed E-state index contributed by atoms with van der Waals surface area (Å²) in [4.78, 5) is 2.37. The highest BCUT2D eigenvalue weighted by atomic mass is 16.3. The molecule has 0 fully saturated rings. The van der Waals surface area contributed by atoms with E-state index >= 15 is 0 Å². The summed E-state index contributed by atoms with van der Waals surface area (Å²) in [7, 11) is 0. The highest BCUT2D eigenvalue weighted by molar-refractivity contribution is 5.54. The van der Waals surface area contributed by atoms with Crippen LogP contribution in [0, 0.1) is 6.92 Å². The van der Waals surface area contributed by atoms with Crippen LogP contribution in [0.15, 0.2) is 42.5 Å². The van der Waals surface area contributed by atoms with E-state index in [-0.39, 0.29) is 6.61 Å². The van der Waals surface area contributed by atoms with Gasteiger partial charge < -0.3 is 10.0 Å². The van der Waals surface area contributed by atoms with Crippen LogP contribution in [0.4, 0.5) is 5.69 Å². The maximum Gasteiger partial charge on any atom is 0.0684 e. The second kappa shape index (κ2) is 4.46. The topological polar surface area (TPSA) is 23.5 Å². The molecule has 0 saturated heterocycles. The van der Waals surface area contributed by atoms with E-state index in [4.69, 9.17) is 0 Å². The van der Waals surface area contributed by atoms with E-state index in [1.807, 2.05) is 6.07 Å². The molecular formula is C16H17NO. The molecule has 1 heterocycles. The van der Waals surface area contributed by atoms with E-state index in [9.17, 15) is 5.11 Å².